The zero-order valence-electron chi connectivity index (χ0n) is 18.6. The van der Waals surface area contributed by atoms with E-state index in [1.807, 2.05) is 43.3 Å². The fraction of sp³-hybridized carbons (Fsp3) is 0.185. The number of aryl methyl sites for hydroxylation is 3. The van der Waals surface area contributed by atoms with Crippen LogP contribution in [-0.4, -0.2) is 14.5 Å². The molecule has 168 valence electrons. The summed E-state index contributed by atoms with van der Waals surface area (Å²) in [5.41, 5.74) is 5.17. The fourth-order valence-electron chi connectivity index (χ4n) is 4.56. The molecule has 0 saturated heterocycles. The van der Waals surface area contributed by atoms with Crippen LogP contribution in [0.25, 0.3) is 27.7 Å². The first kappa shape index (κ1) is 20.9. The van der Waals surface area contributed by atoms with Crippen LogP contribution < -0.4 is 11.2 Å². The minimum atomic E-state index is -0.370. The molecule has 1 aliphatic rings. The number of hydrogen-bond donors (Lipinski definition) is 0. The van der Waals surface area contributed by atoms with Gasteiger partial charge in [-0.05, 0) is 78.8 Å². The summed E-state index contributed by atoms with van der Waals surface area (Å²) < 4.78 is 7.07. The van der Waals surface area contributed by atoms with Gasteiger partial charge in [0.1, 0.15) is 11.4 Å². The van der Waals surface area contributed by atoms with Gasteiger partial charge in [0.2, 0.25) is 0 Å². The van der Waals surface area contributed by atoms with Gasteiger partial charge in [-0.3, -0.25) is 4.79 Å². The van der Waals surface area contributed by atoms with Crippen molar-refractivity contribution in [1.29, 1.82) is 0 Å². The molecule has 0 bridgehead atoms. The van der Waals surface area contributed by atoms with E-state index in [1.165, 1.54) is 22.9 Å². The van der Waals surface area contributed by atoms with Crippen LogP contribution in [0.5, 0.6) is 0 Å². The van der Waals surface area contributed by atoms with Gasteiger partial charge in [0.25, 0.3) is 5.56 Å². The summed E-state index contributed by atoms with van der Waals surface area (Å²) in [4.78, 5) is 35.0. The normalized spacial score (nSPS) is 13.0. The Morgan fingerprint density at radius 3 is 2.65 bits per heavy atom. The highest BCUT2D eigenvalue weighted by Gasteiger charge is 2.18. The average Bonchev–Trinajstić information content (AvgIpc) is 3.29. The highest BCUT2D eigenvalue weighted by molar-refractivity contribution is 7.98. The molecule has 0 radical (unpaired) electrons. The van der Waals surface area contributed by atoms with Crippen molar-refractivity contribution in [3.8, 4) is 5.82 Å². The van der Waals surface area contributed by atoms with Gasteiger partial charge in [-0.25, -0.2) is 19.3 Å². The number of fused-ring (bicyclic) bond motifs is 3. The number of thioether (sulfide) groups is 1. The molecule has 7 heteroatoms. The zero-order valence-corrected chi connectivity index (χ0v) is 19.4. The van der Waals surface area contributed by atoms with Crippen LogP contribution in [0.3, 0.4) is 0 Å². The van der Waals surface area contributed by atoms with Crippen molar-refractivity contribution in [2.75, 3.05) is 0 Å². The second-order valence-corrected chi connectivity index (χ2v) is 9.54. The SMILES string of the molecule is Cc1ccc(-n2c(SCc3cc(=O)oc4cc5c(cc34)CCC5)nc3ccccc3c2=O)nc1. The summed E-state index contributed by atoms with van der Waals surface area (Å²) in [5.74, 6) is 0.990. The Morgan fingerprint density at radius 2 is 1.82 bits per heavy atom. The monoisotopic (exact) mass is 467 g/mol. The average molecular weight is 468 g/mol. The molecule has 0 N–H and O–H groups in total. The van der Waals surface area contributed by atoms with Gasteiger partial charge >= 0.3 is 5.63 Å². The number of hydrogen-bond acceptors (Lipinski definition) is 6. The fourth-order valence-corrected chi connectivity index (χ4v) is 5.55. The van der Waals surface area contributed by atoms with Crippen LogP contribution in [0.2, 0.25) is 0 Å². The molecular formula is C27H21N3O3S. The van der Waals surface area contributed by atoms with E-state index < -0.39 is 0 Å². The Balaban J connectivity index is 1.47. The Morgan fingerprint density at radius 1 is 1.00 bits per heavy atom. The summed E-state index contributed by atoms with van der Waals surface area (Å²) in [6.07, 6.45) is 4.92. The van der Waals surface area contributed by atoms with E-state index in [2.05, 4.69) is 11.1 Å². The summed E-state index contributed by atoms with van der Waals surface area (Å²) in [6.45, 7) is 1.96. The van der Waals surface area contributed by atoms with Crippen molar-refractivity contribution in [3.05, 3.63) is 104 Å². The highest BCUT2D eigenvalue weighted by atomic mass is 32.2. The lowest BCUT2D eigenvalue weighted by Gasteiger charge is -2.13. The Kier molecular flexibility index (Phi) is 5.07. The van der Waals surface area contributed by atoms with E-state index in [0.717, 1.165) is 35.8 Å². The number of nitrogens with zero attached hydrogens (tertiary/aromatic N) is 3. The lowest BCUT2D eigenvalue weighted by molar-refractivity contribution is 0.559. The molecule has 3 heterocycles. The third-order valence-electron chi connectivity index (χ3n) is 6.27. The van der Waals surface area contributed by atoms with Crippen molar-refractivity contribution in [3.63, 3.8) is 0 Å². The quantitative estimate of drug-likeness (QED) is 0.211. The molecule has 0 fully saturated rings. The van der Waals surface area contributed by atoms with Crippen LogP contribution in [0.1, 0.15) is 28.7 Å². The van der Waals surface area contributed by atoms with Crippen molar-refractivity contribution in [2.45, 2.75) is 37.1 Å². The lowest BCUT2D eigenvalue weighted by atomic mass is 10.0. The lowest BCUT2D eigenvalue weighted by Crippen LogP contribution is -2.22. The Hall–Kier alpha value is -3.71. The van der Waals surface area contributed by atoms with E-state index in [4.69, 9.17) is 9.40 Å². The van der Waals surface area contributed by atoms with Crippen molar-refractivity contribution < 1.29 is 4.42 Å². The molecule has 0 atom stereocenters. The summed E-state index contributed by atoms with van der Waals surface area (Å²) in [7, 11) is 0. The minimum absolute atomic E-state index is 0.167. The second kappa shape index (κ2) is 8.25. The van der Waals surface area contributed by atoms with Crippen LogP contribution >= 0.6 is 11.8 Å². The standard InChI is InChI=1S/C27H21N3O3S/c1-16-9-10-24(28-14-16)30-26(32)20-7-2-3-8-22(20)29-27(30)34-15-19-13-25(31)33-23-12-18-6-4-5-17(18)11-21(19)23/h2-3,7-14H,4-6,15H2,1H3. The van der Waals surface area contributed by atoms with Gasteiger partial charge < -0.3 is 4.42 Å². The van der Waals surface area contributed by atoms with E-state index in [9.17, 15) is 9.59 Å². The molecule has 1 aliphatic carbocycles. The topological polar surface area (TPSA) is 78.0 Å². The van der Waals surface area contributed by atoms with Gasteiger partial charge in [-0.15, -0.1) is 0 Å². The van der Waals surface area contributed by atoms with Gasteiger partial charge in [0.15, 0.2) is 5.16 Å². The predicted molar refractivity (Wildman–Crippen MR) is 134 cm³/mol. The summed E-state index contributed by atoms with van der Waals surface area (Å²) in [5, 5.41) is 2.01. The molecule has 0 unspecified atom stereocenters. The second-order valence-electron chi connectivity index (χ2n) is 8.60. The first-order valence-electron chi connectivity index (χ1n) is 11.2. The molecule has 5 aromatic rings. The molecule has 34 heavy (non-hydrogen) atoms. The van der Waals surface area contributed by atoms with Crippen molar-refractivity contribution >= 4 is 33.6 Å². The van der Waals surface area contributed by atoms with Gasteiger partial charge in [-0.2, -0.15) is 0 Å². The highest BCUT2D eigenvalue weighted by Crippen LogP contribution is 2.31. The van der Waals surface area contributed by atoms with Gasteiger partial charge in [0.05, 0.1) is 10.9 Å². The molecule has 0 spiro atoms. The summed E-state index contributed by atoms with van der Waals surface area (Å²) >= 11 is 1.42. The molecular weight excluding hydrogens is 446 g/mol. The molecule has 2 aromatic carbocycles. The molecule has 3 aromatic heterocycles. The number of para-hydroxylation sites is 1. The van der Waals surface area contributed by atoms with Crippen LogP contribution in [0.15, 0.2) is 80.0 Å². The number of benzene rings is 2. The first-order valence-corrected chi connectivity index (χ1v) is 12.2. The third kappa shape index (κ3) is 3.62. The van der Waals surface area contributed by atoms with Crippen LogP contribution in [0, 0.1) is 6.92 Å². The Bertz CT molecular complexity index is 1690. The van der Waals surface area contributed by atoms with E-state index in [1.54, 1.807) is 22.9 Å². The molecule has 0 amide bonds. The van der Waals surface area contributed by atoms with Gasteiger partial charge in [0, 0.05) is 23.4 Å². The minimum Gasteiger partial charge on any atom is -0.423 e. The van der Waals surface area contributed by atoms with E-state index in [0.29, 0.717) is 33.2 Å². The largest absolute Gasteiger partial charge is 0.423 e. The molecule has 0 aliphatic heterocycles. The van der Waals surface area contributed by atoms with E-state index >= 15 is 0 Å². The van der Waals surface area contributed by atoms with Crippen molar-refractivity contribution in [1.82, 2.24) is 14.5 Å². The predicted octanol–water partition coefficient (Wildman–Crippen LogP) is 4.98. The Labute approximate surface area is 199 Å². The smallest absolute Gasteiger partial charge is 0.336 e. The maximum absolute atomic E-state index is 13.4. The third-order valence-corrected chi connectivity index (χ3v) is 7.26. The molecule has 0 saturated carbocycles. The summed E-state index contributed by atoms with van der Waals surface area (Å²) in [6, 6.07) is 16.8. The number of rotatable bonds is 4. The first-order chi connectivity index (χ1) is 16.6. The van der Waals surface area contributed by atoms with Crippen molar-refractivity contribution in [2.24, 2.45) is 0 Å². The number of aromatic nitrogens is 3. The van der Waals surface area contributed by atoms with Crippen LogP contribution in [-0.2, 0) is 18.6 Å². The van der Waals surface area contributed by atoms with Gasteiger partial charge in [-0.1, -0.05) is 30.0 Å². The van der Waals surface area contributed by atoms with Crippen LogP contribution in [0.4, 0.5) is 0 Å². The maximum atomic E-state index is 13.4. The van der Waals surface area contributed by atoms with E-state index in [-0.39, 0.29) is 11.2 Å². The molecule has 6 nitrogen and oxygen atoms in total. The number of pyridine rings is 1. The molecule has 6 rings (SSSR count). The maximum Gasteiger partial charge on any atom is 0.336 e. The zero-order chi connectivity index (χ0) is 23.2.